The van der Waals surface area contributed by atoms with E-state index in [1.807, 2.05) is 69.3 Å². The molecule has 2 aromatic rings. The molecule has 1 aliphatic heterocycles. The van der Waals surface area contributed by atoms with Crippen LogP contribution < -0.4 is 4.74 Å². The molecular formula is C20H21NO3. The molecule has 4 nitrogen and oxygen atoms in total. The van der Waals surface area contributed by atoms with Gasteiger partial charge >= 0.3 is 5.97 Å². The first-order valence-electron chi connectivity index (χ1n) is 8.14. The summed E-state index contributed by atoms with van der Waals surface area (Å²) in [5, 5.41) is 0. The predicted octanol–water partition coefficient (Wildman–Crippen LogP) is 4.16. The first-order valence-corrected chi connectivity index (χ1v) is 8.14. The number of rotatable bonds is 4. The standard InChI is InChI=1S/C20H21NO3/c1-13(2)23-20(22)19-11-15-9-10-17(12-18(15)14(3)21-19)24-16-7-5-4-6-8-16/h4-10,12-13,19H,11H2,1-3H3. The summed E-state index contributed by atoms with van der Waals surface area (Å²) in [6, 6.07) is 15.1. The van der Waals surface area contributed by atoms with E-state index in [0.717, 1.165) is 28.3 Å². The van der Waals surface area contributed by atoms with E-state index in [-0.39, 0.29) is 12.1 Å². The third kappa shape index (κ3) is 3.65. The van der Waals surface area contributed by atoms with Crippen LogP contribution in [0, 0.1) is 0 Å². The molecule has 0 spiro atoms. The lowest BCUT2D eigenvalue weighted by Crippen LogP contribution is -2.30. The number of aliphatic imine (C=N–C) groups is 1. The van der Waals surface area contributed by atoms with Crippen LogP contribution in [0.2, 0.25) is 0 Å². The largest absolute Gasteiger partial charge is 0.461 e. The van der Waals surface area contributed by atoms with Crippen LogP contribution in [0.25, 0.3) is 0 Å². The molecule has 1 heterocycles. The van der Waals surface area contributed by atoms with Crippen molar-refractivity contribution < 1.29 is 14.3 Å². The Morgan fingerprint density at radius 2 is 1.88 bits per heavy atom. The maximum absolute atomic E-state index is 12.1. The number of hydrogen-bond donors (Lipinski definition) is 0. The van der Waals surface area contributed by atoms with Crippen LogP contribution in [-0.2, 0) is 16.0 Å². The fraction of sp³-hybridized carbons (Fsp3) is 0.300. The number of hydrogen-bond acceptors (Lipinski definition) is 4. The summed E-state index contributed by atoms with van der Waals surface area (Å²) in [6.07, 6.45) is 0.431. The van der Waals surface area contributed by atoms with Crippen molar-refractivity contribution in [3.05, 3.63) is 59.7 Å². The van der Waals surface area contributed by atoms with Gasteiger partial charge in [0.25, 0.3) is 0 Å². The van der Waals surface area contributed by atoms with Crippen LogP contribution in [0.15, 0.2) is 53.5 Å². The molecule has 0 radical (unpaired) electrons. The lowest BCUT2D eigenvalue weighted by atomic mass is 9.94. The minimum Gasteiger partial charge on any atom is -0.461 e. The van der Waals surface area contributed by atoms with Crippen LogP contribution in [-0.4, -0.2) is 23.8 Å². The van der Waals surface area contributed by atoms with Gasteiger partial charge in [-0.05, 0) is 50.6 Å². The molecule has 1 atom stereocenters. The van der Waals surface area contributed by atoms with Crippen molar-refractivity contribution in [2.75, 3.05) is 0 Å². The van der Waals surface area contributed by atoms with Crippen LogP contribution in [0.1, 0.15) is 31.9 Å². The predicted molar refractivity (Wildman–Crippen MR) is 93.9 cm³/mol. The third-order valence-electron chi connectivity index (χ3n) is 3.84. The first-order chi connectivity index (χ1) is 11.5. The molecule has 4 heteroatoms. The van der Waals surface area contributed by atoms with Gasteiger partial charge in [0, 0.05) is 17.7 Å². The van der Waals surface area contributed by atoms with E-state index < -0.39 is 6.04 Å². The summed E-state index contributed by atoms with van der Waals surface area (Å²) in [5.74, 6) is 1.29. The summed E-state index contributed by atoms with van der Waals surface area (Å²) in [4.78, 5) is 16.6. The lowest BCUT2D eigenvalue weighted by molar-refractivity contribution is -0.148. The van der Waals surface area contributed by atoms with E-state index in [0.29, 0.717) is 6.42 Å². The molecule has 124 valence electrons. The molecule has 0 aromatic heterocycles. The number of benzene rings is 2. The van der Waals surface area contributed by atoms with Crippen molar-refractivity contribution in [3.63, 3.8) is 0 Å². The molecule has 0 saturated carbocycles. The van der Waals surface area contributed by atoms with Crippen molar-refractivity contribution in [2.24, 2.45) is 4.99 Å². The van der Waals surface area contributed by atoms with Crippen molar-refractivity contribution in [2.45, 2.75) is 39.3 Å². The zero-order valence-corrected chi connectivity index (χ0v) is 14.2. The van der Waals surface area contributed by atoms with Gasteiger partial charge in [0.2, 0.25) is 0 Å². The first kappa shape index (κ1) is 16.2. The Balaban J connectivity index is 1.81. The van der Waals surface area contributed by atoms with Gasteiger partial charge in [0.1, 0.15) is 11.5 Å². The molecule has 0 amide bonds. The highest BCUT2D eigenvalue weighted by Crippen LogP contribution is 2.28. The minimum atomic E-state index is -0.458. The number of ether oxygens (including phenoxy) is 2. The van der Waals surface area contributed by atoms with E-state index in [1.165, 1.54) is 0 Å². The van der Waals surface area contributed by atoms with Gasteiger partial charge < -0.3 is 9.47 Å². The molecule has 0 N–H and O–H groups in total. The van der Waals surface area contributed by atoms with E-state index >= 15 is 0 Å². The van der Waals surface area contributed by atoms with Gasteiger partial charge in [0.05, 0.1) is 6.10 Å². The molecule has 3 rings (SSSR count). The summed E-state index contributed by atoms with van der Waals surface area (Å²) in [5.41, 5.74) is 2.95. The van der Waals surface area contributed by atoms with E-state index in [9.17, 15) is 4.79 Å². The van der Waals surface area contributed by atoms with Crippen molar-refractivity contribution in [3.8, 4) is 11.5 Å². The second-order valence-corrected chi connectivity index (χ2v) is 6.15. The number of carbonyl (C=O) groups excluding carboxylic acids is 1. The highest BCUT2D eigenvalue weighted by molar-refractivity contribution is 6.03. The summed E-state index contributed by atoms with van der Waals surface area (Å²) >= 11 is 0. The average molecular weight is 323 g/mol. The van der Waals surface area contributed by atoms with Crippen LogP contribution in [0.3, 0.4) is 0 Å². The number of esters is 1. The molecule has 2 aromatic carbocycles. The second-order valence-electron chi connectivity index (χ2n) is 6.15. The van der Waals surface area contributed by atoms with Gasteiger partial charge in [-0.15, -0.1) is 0 Å². The second kappa shape index (κ2) is 6.87. The maximum atomic E-state index is 12.1. The third-order valence-corrected chi connectivity index (χ3v) is 3.84. The van der Waals surface area contributed by atoms with Gasteiger partial charge in [-0.2, -0.15) is 0 Å². The summed E-state index contributed by atoms with van der Waals surface area (Å²) in [7, 11) is 0. The molecule has 24 heavy (non-hydrogen) atoms. The van der Waals surface area contributed by atoms with Gasteiger partial charge in [-0.25, -0.2) is 4.79 Å². The van der Waals surface area contributed by atoms with E-state index in [1.54, 1.807) is 0 Å². The Labute approximate surface area is 142 Å². The van der Waals surface area contributed by atoms with Gasteiger partial charge in [0.15, 0.2) is 6.04 Å². The molecule has 0 saturated heterocycles. The van der Waals surface area contributed by atoms with Crippen LogP contribution in [0.4, 0.5) is 0 Å². The smallest absolute Gasteiger partial charge is 0.331 e. The molecule has 0 bridgehead atoms. The Morgan fingerprint density at radius 1 is 1.12 bits per heavy atom. The Hall–Kier alpha value is -2.62. The summed E-state index contributed by atoms with van der Waals surface area (Å²) in [6.45, 7) is 5.61. The number of nitrogens with zero attached hydrogens (tertiary/aromatic N) is 1. The molecule has 0 aliphatic carbocycles. The molecule has 0 fully saturated rings. The lowest BCUT2D eigenvalue weighted by Gasteiger charge is -2.22. The topological polar surface area (TPSA) is 47.9 Å². The zero-order chi connectivity index (χ0) is 17.1. The highest BCUT2D eigenvalue weighted by Gasteiger charge is 2.26. The number of fused-ring (bicyclic) bond motifs is 1. The van der Waals surface area contributed by atoms with Gasteiger partial charge in [-0.3, -0.25) is 4.99 Å². The monoisotopic (exact) mass is 323 g/mol. The molecule has 1 unspecified atom stereocenters. The quantitative estimate of drug-likeness (QED) is 0.794. The van der Waals surface area contributed by atoms with Gasteiger partial charge in [-0.1, -0.05) is 24.3 Å². The Morgan fingerprint density at radius 3 is 2.58 bits per heavy atom. The van der Waals surface area contributed by atoms with Crippen LogP contribution >= 0.6 is 0 Å². The fourth-order valence-corrected chi connectivity index (χ4v) is 2.76. The Kier molecular flexibility index (Phi) is 4.65. The Bertz CT molecular complexity index is 766. The average Bonchev–Trinajstić information content (AvgIpc) is 2.55. The fourth-order valence-electron chi connectivity index (χ4n) is 2.76. The molecule has 1 aliphatic rings. The van der Waals surface area contributed by atoms with E-state index in [2.05, 4.69) is 4.99 Å². The SMILES string of the molecule is CC1=NC(C(=O)OC(C)C)Cc2ccc(Oc3ccccc3)cc21. The molecular weight excluding hydrogens is 302 g/mol. The number of carbonyl (C=O) groups is 1. The zero-order valence-electron chi connectivity index (χ0n) is 14.2. The van der Waals surface area contributed by atoms with Crippen LogP contribution in [0.5, 0.6) is 11.5 Å². The van der Waals surface area contributed by atoms with Crippen molar-refractivity contribution in [1.29, 1.82) is 0 Å². The van der Waals surface area contributed by atoms with Crippen molar-refractivity contribution in [1.82, 2.24) is 0 Å². The summed E-state index contributed by atoms with van der Waals surface area (Å²) < 4.78 is 11.2. The normalized spacial score (nSPS) is 16.3. The maximum Gasteiger partial charge on any atom is 0.331 e. The highest BCUT2D eigenvalue weighted by atomic mass is 16.5. The minimum absolute atomic E-state index is 0.129. The van der Waals surface area contributed by atoms with E-state index in [4.69, 9.17) is 9.47 Å². The number of para-hydroxylation sites is 1. The van der Waals surface area contributed by atoms with Crippen molar-refractivity contribution >= 4 is 11.7 Å².